The van der Waals surface area contributed by atoms with Crippen LogP contribution in [0.4, 0.5) is 29.7 Å². The second kappa shape index (κ2) is 42.2. The molecule has 0 aliphatic carbocycles. The number of hydrogen-bond acceptors (Lipinski definition) is 20. The second-order valence-electron chi connectivity index (χ2n) is 45.6. The number of hydrogen-bond donors (Lipinski definition) is 3. The smallest absolute Gasteiger partial charge is 0.232 e. The number of nitrogens with zero attached hydrogens (tertiary/aromatic N) is 17. The third-order valence-corrected chi connectivity index (χ3v) is 29.8. The summed E-state index contributed by atoms with van der Waals surface area (Å²) in [6, 6.07) is 1.34. The number of unbranched alkanes of at least 4 members (excludes halogenated alkanes) is 6. The lowest BCUT2D eigenvalue weighted by Crippen LogP contribution is -2.65. The van der Waals surface area contributed by atoms with Gasteiger partial charge in [0.05, 0.1) is 19.8 Å². The van der Waals surface area contributed by atoms with Crippen molar-refractivity contribution in [2.75, 3.05) is 116 Å². The standard InChI is InChI=1S/C51H93N9.C49H94N8O3/c1-19-25-31-55(40-34-46(7,8)58(28-22-4)47(9,10)35-40)43-52-44(56(32-26-20-2)41-36-48(11,12)59(29-23-5)49(13,14)37-41)54-45(53-43)57(33-27-21-3)42-38-50(15,16)60(30-24-6)51(17,18)39-42;1-16-19-22-40(37-31-44(4,5)55(25-28-58)45(6,7)32-37)41-50-42(53(23-20-17-2)38-33-46(8,9)56(26-29-59)47(10,11)34-38)52-43(51-41)54(24-21-18-3)39-35-48(12,13)57(27-30-60)49(14,15)36-39/h22-24,40-42H,4-6,19-21,25-39H2,1-3,7-18H3;37-40,58-60H,16-36H2,1-15H3. The molecule has 0 bridgehead atoms. The van der Waals surface area contributed by atoms with E-state index in [2.05, 4.69) is 300 Å². The van der Waals surface area contributed by atoms with Crippen molar-refractivity contribution in [3.05, 3.63) is 43.8 Å². The van der Waals surface area contributed by atoms with Gasteiger partial charge in [-0.3, -0.25) is 29.4 Å². The fourth-order valence-electron chi connectivity index (χ4n) is 25.5. The molecule has 0 radical (unpaired) electrons. The summed E-state index contributed by atoms with van der Waals surface area (Å²) in [4.78, 5) is 62.9. The molecule has 2 aromatic rings. The predicted octanol–water partition coefficient (Wildman–Crippen LogP) is 20.0. The Balaban J connectivity index is 0.000000331. The number of anilines is 5. The molecule has 0 saturated carbocycles. The van der Waals surface area contributed by atoms with Crippen molar-refractivity contribution >= 4 is 29.7 Å². The van der Waals surface area contributed by atoms with Gasteiger partial charge in [0.25, 0.3) is 0 Å². The van der Waals surface area contributed by atoms with Crippen molar-refractivity contribution < 1.29 is 15.3 Å². The van der Waals surface area contributed by atoms with Crippen LogP contribution in [0.2, 0.25) is 0 Å². The molecule has 6 aliphatic heterocycles. The summed E-state index contributed by atoms with van der Waals surface area (Å²) in [7, 11) is 0. The number of piperidine rings is 6. The highest BCUT2D eigenvalue weighted by atomic mass is 16.3. The number of aromatic nitrogens is 6. The normalized spacial score (nSPS) is 23.7. The quantitative estimate of drug-likeness (QED) is 0.0535. The van der Waals surface area contributed by atoms with E-state index >= 15 is 0 Å². The summed E-state index contributed by atoms with van der Waals surface area (Å²) < 4.78 is 0. The molecule has 1 unspecified atom stereocenters. The lowest BCUT2D eigenvalue weighted by molar-refractivity contribution is -0.0651. The molecule has 8 heterocycles. The number of aliphatic hydroxyl groups excluding tert-OH is 3. The van der Waals surface area contributed by atoms with Crippen LogP contribution in [-0.4, -0.2) is 263 Å². The molecule has 20 heteroatoms. The molecule has 2 aromatic heterocycles. The maximum absolute atomic E-state index is 10.2. The minimum atomic E-state index is -0.117. The Labute approximate surface area is 737 Å². The first-order valence-corrected chi connectivity index (χ1v) is 48.6. The summed E-state index contributed by atoms with van der Waals surface area (Å²) in [5.41, 5.74) is -0.736. The van der Waals surface area contributed by atoms with Crippen molar-refractivity contribution in [3.63, 3.8) is 0 Å². The highest BCUT2D eigenvalue weighted by molar-refractivity contribution is 5.50. The van der Waals surface area contributed by atoms with Crippen LogP contribution < -0.4 is 24.5 Å². The topological polar surface area (TPSA) is 174 Å². The van der Waals surface area contributed by atoms with Crippen LogP contribution in [0.5, 0.6) is 0 Å². The Bertz CT molecular complexity index is 3000. The van der Waals surface area contributed by atoms with Gasteiger partial charge < -0.3 is 39.8 Å². The molecule has 20 nitrogen and oxygen atoms in total. The Kier molecular flexibility index (Phi) is 36.2. The molecular formula is C100H187N17O3. The van der Waals surface area contributed by atoms with Crippen molar-refractivity contribution in [2.24, 2.45) is 5.92 Å². The maximum Gasteiger partial charge on any atom is 0.232 e. The van der Waals surface area contributed by atoms with E-state index in [-0.39, 0.29) is 104 Å². The molecule has 6 fully saturated rings. The number of rotatable bonds is 42. The van der Waals surface area contributed by atoms with Crippen LogP contribution in [0.1, 0.15) is 380 Å². The van der Waals surface area contributed by atoms with E-state index in [9.17, 15) is 15.3 Å². The van der Waals surface area contributed by atoms with Gasteiger partial charge in [-0.25, -0.2) is 0 Å². The van der Waals surface area contributed by atoms with E-state index in [4.69, 9.17) is 29.9 Å². The predicted molar refractivity (Wildman–Crippen MR) is 512 cm³/mol. The van der Waals surface area contributed by atoms with Gasteiger partial charge >= 0.3 is 0 Å². The van der Waals surface area contributed by atoms with Gasteiger partial charge in [0.1, 0.15) is 5.82 Å². The van der Waals surface area contributed by atoms with Gasteiger partial charge in [-0.15, -0.1) is 19.7 Å². The first kappa shape index (κ1) is 103. The van der Waals surface area contributed by atoms with E-state index in [1.54, 1.807) is 0 Å². The van der Waals surface area contributed by atoms with E-state index in [1.165, 1.54) is 0 Å². The summed E-state index contributed by atoms with van der Waals surface area (Å²) in [6.45, 7) is 93.4. The maximum atomic E-state index is 10.2. The molecule has 0 amide bonds. The fraction of sp³-hybridized carbons (Fsp3) is 0.880. The Hall–Kier alpha value is -4.12. The minimum absolute atomic E-state index is 0.0166. The van der Waals surface area contributed by atoms with Gasteiger partial charge in [-0.05, 0) is 288 Å². The Morgan fingerprint density at radius 3 is 0.658 bits per heavy atom. The zero-order valence-electron chi connectivity index (χ0n) is 83.4. The first-order valence-electron chi connectivity index (χ1n) is 48.6. The van der Waals surface area contributed by atoms with Crippen LogP contribution in [0.3, 0.4) is 0 Å². The SMILES string of the molecule is C=CCN1C(C)(C)CC(N(CCCC)c2nc(N(CCCC)C3CC(C)(C)N(CC=C)C(C)(C)C3)nc(N(CCCC)C3CC(C)(C)N(CC=C)C(C)(C)C3)n2)CC1(C)C.CCCCC(c1nc(N(CCCC)C2CC(C)(C)N(CCO)C(C)(C)C2)nc(N(CCCC)C2CC(C)(C)N(CCO)C(C)(C)C2)n1)C1CC(C)(C)N(CCO)C(C)(C)C1. The Morgan fingerprint density at radius 1 is 0.292 bits per heavy atom. The highest BCUT2D eigenvalue weighted by Crippen LogP contribution is 2.51. The van der Waals surface area contributed by atoms with Crippen LogP contribution in [0.25, 0.3) is 0 Å². The van der Waals surface area contributed by atoms with Gasteiger partial charge in [0.15, 0.2) is 0 Å². The molecule has 690 valence electrons. The zero-order valence-corrected chi connectivity index (χ0v) is 83.4. The van der Waals surface area contributed by atoms with Gasteiger partial charge in [0, 0.05) is 175 Å². The summed E-state index contributed by atoms with van der Waals surface area (Å²) in [5, 5.41) is 30.5. The lowest BCUT2D eigenvalue weighted by atomic mass is 9.68. The zero-order chi connectivity index (χ0) is 89.8. The second-order valence-corrected chi connectivity index (χ2v) is 45.6. The first-order chi connectivity index (χ1) is 55.9. The number of β-amino-alcohol motifs (C(OH)–C–C–N with tert-alkyl or cyclic N) is 3. The van der Waals surface area contributed by atoms with Crippen molar-refractivity contribution in [2.45, 2.75) is 471 Å². The Morgan fingerprint density at radius 2 is 0.475 bits per heavy atom. The molecule has 6 saturated heterocycles. The van der Waals surface area contributed by atoms with E-state index in [0.717, 1.165) is 248 Å². The van der Waals surface area contributed by atoms with Crippen molar-refractivity contribution in [1.29, 1.82) is 0 Å². The molecule has 3 N–H and O–H groups in total. The summed E-state index contributed by atoms with van der Waals surface area (Å²) in [6.07, 6.45) is 32.6. The van der Waals surface area contributed by atoms with Gasteiger partial charge in [-0.1, -0.05) is 105 Å². The fourth-order valence-corrected chi connectivity index (χ4v) is 25.5. The molecule has 120 heavy (non-hydrogen) atoms. The largest absolute Gasteiger partial charge is 0.395 e. The van der Waals surface area contributed by atoms with E-state index < -0.39 is 0 Å². The van der Waals surface area contributed by atoms with Crippen LogP contribution >= 0.6 is 0 Å². The summed E-state index contributed by atoms with van der Waals surface area (Å²) >= 11 is 0. The molecule has 6 aliphatic rings. The minimum Gasteiger partial charge on any atom is -0.395 e. The third kappa shape index (κ3) is 24.8. The molecule has 1 atom stereocenters. The number of likely N-dealkylation sites (tertiary alicyclic amines) is 6. The molecular weight excluding hydrogens is 1490 g/mol. The van der Waals surface area contributed by atoms with Crippen LogP contribution in [0, 0.1) is 5.92 Å². The molecule has 8 rings (SSSR count). The highest BCUT2D eigenvalue weighted by Gasteiger charge is 2.55. The summed E-state index contributed by atoms with van der Waals surface area (Å²) in [5.74, 6) is 5.80. The van der Waals surface area contributed by atoms with Gasteiger partial charge in [0.2, 0.25) is 29.7 Å². The van der Waals surface area contributed by atoms with E-state index in [1.807, 2.05) is 0 Å². The van der Waals surface area contributed by atoms with Crippen LogP contribution in [0.15, 0.2) is 38.0 Å². The average Bonchev–Trinajstić information content (AvgIpc) is 0.763. The third-order valence-electron chi connectivity index (χ3n) is 29.8. The monoisotopic (exact) mass is 1670 g/mol. The van der Waals surface area contributed by atoms with Crippen LogP contribution in [-0.2, 0) is 0 Å². The molecule has 0 aromatic carbocycles. The van der Waals surface area contributed by atoms with Crippen molar-refractivity contribution in [3.8, 4) is 0 Å². The van der Waals surface area contributed by atoms with E-state index in [0.29, 0.717) is 43.7 Å². The average molecular weight is 1680 g/mol. The molecule has 0 spiro atoms. The lowest BCUT2D eigenvalue weighted by Gasteiger charge is -2.57. The van der Waals surface area contributed by atoms with Gasteiger partial charge in [-0.2, -0.15) is 29.9 Å². The number of aliphatic hydroxyl groups is 3. The van der Waals surface area contributed by atoms with Crippen molar-refractivity contribution in [1.82, 2.24) is 59.3 Å².